The monoisotopic (exact) mass is 315 g/mol. The van der Waals surface area contributed by atoms with Crippen molar-refractivity contribution in [2.75, 3.05) is 13.1 Å². The van der Waals surface area contributed by atoms with E-state index in [1.165, 1.54) is 42.8 Å². The number of carbonyl (C=O) groups excluding carboxylic acids is 1. The van der Waals surface area contributed by atoms with E-state index in [4.69, 9.17) is 0 Å². The van der Waals surface area contributed by atoms with E-state index in [2.05, 4.69) is 39.5 Å². The second kappa shape index (κ2) is 7.03. The predicted molar refractivity (Wildman–Crippen MR) is 89.0 cm³/mol. The van der Waals surface area contributed by atoms with Crippen molar-refractivity contribution >= 4 is 17.2 Å². The summed E-state index contributed by atoms with van der Waals surface area (Å²) >= 11 is 1.49. The Morgan fingerprint density at radius 1 is 1.23 bits per heavy atom. The normalized spacial score (nSPS) is 15.1. The largest absolute Gasteiger partial charge is 0.347 e. The maximum absolute atomic E-state index is 12.0. The summed E-state index contributed by atoms with van der Waals surface area (Å²) < 4.78 is 0. The van der Waals surface area contributed by atoms with Gasteiger partial charge in [0.1, 0.15) is 5.69 Å². The summed E-state index contributed by atoms with van der Waals surface area (Å²) in [5.74, 6) is -0.106. The lowest BCUT2D eigenvalue weighted by molar-refractivity contribution is 0.0946. The number of amides is 1. The van der Waals surface area contributed by atoms with E-state index in [9.17, 15) is 4.79 Å². The molecule has 5 heteroatoms. The Balaban J connectivity index is 1.51. The topological polar surface area (TPSA) is 45.2 Å². The Labute approximate surface area is 135 Å². The quantitative estimate of drug-likeness (QED) is 0.922. The van der Waals surface area contributed by atoms with Crippen molar-refractivity contribution < 1.29 is 4.79 Å². The van der Waals surface area contributed by atoms with Gasteiger partial charge in [-0.1, -0.05) is 24.3 Å². The van der Waals surface area contributed by atoms with Gasteiger partial charge in [-0.15, -0.1) is 11.3 Å². The molecule has 116 valence electrons. The summed E-state index contributed by atoms with van der Waals surface area (Å²) in [6.45, 7) is 5.90. The maximum atomic E-state index is 12.0. The minimum Gasteiger partial charge on any atom is -0.347 e. The van der Waals surface area contributed by atoms with Crippen molar-refractivity contribution in [1.82, 2.24) is 15.2 Å². The van der Waals surface area contributed by atoms with Gasteiger partial charge in [0.2, 0.25) is 0 Å². The van der Waals surface area contributed by atoms with E-state index in [1.54, 1.807) is 5.38 Å². The van der Waals surface area contributed by atoms with Crippen molar-refractivity contribution in [3.05, 3.63) is 51.5 Å². The molecule has 1 aliphatic heterocycles. The molecule has 2 aromatic rings. The minimum absolute atomic E-state index is 0.106. The molecule has 0 atom stereocenters. The third kappa shape index (κ3) is 3.93. The first-order valence-corrected chi connectivity index (χ1v) is 8.59. The van der Waals surface area contributed by atoms with Crippen molar-refractivity contribution in [3.8, 4) is 0 Å². The Kier molecular flexibility index (Phi) is 4.85. The summed E-state index contributed by atoms with van der Waals surface area (Å²) in [6, 6.07) is 8.51. The van der Waals surface area contributed by atoms with E-state index < -0.39 is 0 Å². The first-order valence-electron chi connectivity index (χ1n) is 7.71. The smallest absolute Gasteiger partial charge is 0.271 e. The van der Waals surface area contributed by atoms with E-state index in [0.717, 1.165) is 17.1 Å². The molecule has 0 saturated carbocycles. The third-order valence-corrected chi connectivity index (χ3v) is 4.71. The predicted octanol–water partition coefficient (Wildman–Crippen LogP) is 2.98. The fraction of sp³-hybridized carbons (Fsp3) is 0.412. The van der Waals surface area contributed by atoms with Crippen LogP contribution in [0.4, 0.5) is 0 Å². The van der Waals surface area contributed by atoms with Gasteiger partial charge in [-0.2, -0.15) is 0 Å². The average Bonchev–Trinajstić information content (AvgIpc) is 3.18. The van der Waals surface area contributed by atoms with Crippen LogP contribution in [-0.4, -0.2) is 28.9 Å². The summed E-state index contributed by atoms with van der Waals surface area (Å²) in [6.07, 6.45) is 2.64. The Morgan fingerprint density at radius 2 is 1.91 bits per heavy atom. The highest BCUT2D eigenvalue weighted by atomic mass is 32.1. The molecule has 1 N–H and O–H groups in total. The summed E-state index contributed by atoms with van der Waals surface area (Å²) in [7, 11) is 0. The van der Waals surface area contributed by atoms with Crippen LogP contribution in [0.5, 0.6) is 0 Å². The van der Waals surface area contributed by atoms with Gasteiger partial charge in [0.05, 0.1) is 5.01 Å². The first-order chi connectivity index (χ1) is 10.7. The van der Waals surface area contributed by atoms with Crippen LogP contribution in [0, 0.1) is 6.92 Å². The zero-order valence-corrected chi connectivity index (χ0v) is 13.7. The molecule has 0 aliphatic carbocycles. The van der Waals surface area contributed by atoms with Crippen molar-refractivity contribution in [1.29, 1.82) is 0 Å². The average molecular weight is 315 g/mol. The number of aromatic nitrogens is 1. The Hall–Kier alpha value is -1.72. The van der Waals surface area contributed by atoms with Gasteiger partial charge in [-0.3, -0.25) is 9.69 Å². The molecule has 0 bridgehead atoms. The molecule has 1 amide bonds. The highest BCUT2D eigenvalue weighted by Crippen LogP contribution is 2.13. The van der Waals surface area contributed by atoms with Gasteiger partial charge in [0.25, 0.3) is 5.91 Å². The lowest BCUT2D eigenvalue weighted by Crippen LogP contribution is -2.23. The first kappa shape index (κ1) is 15.2. The molecule has 1 fully saturated rings. The van der Waals surface area contributed by atoms with Gasteiger partial charge in [-0.05, 0) is 44.0 Å². The van der Waals surface area contributed by atoms with Gasteiger partial charge in [-0.25, -0.2) is 4.98 Å². The number of thiazole rings is 1. The molecule has 0 radical (unpaired) electrons. The highest BCUT2D eigenvalue weighted by Gasteiger charge is 2.12. The molecule has 3 rings (SSSR count). The lowest BCUT2D eigenvalue weighted by Gasteiger charge is -2.14. The second-order valence-corrected chi connectivity index (χ2v) is 6.80. The van der Waals surface area contributed by atoms with Gasteiger partial charge in [0, 0.05) is 18.5 Å². The molecule has 1 aliphatic rings. The van der Waals surface area contributed by atoms with E-state index in [0.29, 0.717) is 12.2 Å². The molecule has 0 spiro atoms. The second-order valence-electron chi connectivity index (χ2n) is 5.73. The van der Waals surface area contributed by atoms with Crippen molar-refractivity contribution in [2.24, 2.45) is 0 Å². The number of hydrogen-bond acceptors (Lipinski definition) is 4. The Morgan fingerprint density at radius 3 is 2.55 bits per heavy atom. The molecule has 1 aromatic heterocycles. The van der Waals surface area contributed by atoms with Gasteiger partial charge >= 0.3 is 0 Å². The molecule has 0 unspecified atom stereocenters. The number of likely N-dealkylation sites (tertiary alicyclic amines) is 1. The number of benzene rings is 1. The van der Waals surface area contributed by atoms with Crippen LogP contribution < -0.4 is 5.32 Å². The molecule has 1 aromatic carbocycles. The summed E-state index contributed by atoms with van der Waals surface area (Å²) in [4.78, 5) is 18.6. The minimum atomic E-state index is -0.106. The molecule has 1 saturated heterocycles. The van der Waals surface area contributed by atoms with E-state index >= 15 is 0 Å². The standard InChI is InChI=1S/C17H21N3OS/c1-13-19-16(12-22-13)17(21)18-10-14-4-6-15(7-5-14)11-20-8-2-3-9-20/h4-7,12H,2-3,8-11H2,1H3,(H,18,21). The zero-order valence-electron chi connectivity index (χ0n) is 12.8. The molecule has 22 heavy (non-hydrogen) atoms. The fourth-order valence-electron chi connectivity index (χ4n) is 2.70. The molecular formula is C17H21N3OS. The van der Waals surface area contributed by atoms with Crippen molar-refractivity contribution in [2.45, 2.75) is 32.9 Å². The molecule has 4 nitrogen and oxygen atoms in total. The van der Waals surface area contributed by atoms with Crippen LogP contribution in [-0.2, 0) is 13.1 Å². The van der Waals surface area contributed by atoms with Crippen molar-refractivity contribution in [3.63, 3.8) is 0 Å². The van der Waals surface area contributed by atoms with Gasteiger partial charge < -0.3 is 5.32 Å². The van der Waals surface area contributed by atoms with E-state index in [-0.39, 0.29) is 5.91 Å². The van der Waals surface area contributed by atoms with Gasteiger partial charge in [0.15, 0.2) is 0 Å². The lowest BCUT2D eigenvalue weighted by atomic mass is 10.1. The summed E-state index contributed by atoms with van der Waals surface area (Å²) in [5.41, 5.74) is 2.96. The Bertz CT molecular complexity index is 630. The number of hydrogen-bond donors (Lipinski definition) is 1. The maximum Gasteiger partial charge on any atom is 0.271 e. The summed E-state index contributed by atoms with van der Waals surface area (Å²) in [5, 5.41) is 5.62. The van der Waals surface area contributed by atoms with E-state index in [1.807, 2.05) is 6.92 Å². The number of nitrogens with one attached hydrogen (secondary N) is 1. The van der Waals surface area contributed by atoms with Crippen LogP contribution in [0.25, 0.3) is 0 Å². The van der Waals surface area contributed by atoms with Crippen LogP contribution in [0.2, 0.25) is 0 Å². The fourth-order valence-corrected chi connectivity index (χ4v) is 3.30. The SMILES string of the molecule is Cc1nc(C(=O)NCc2ccc(CN3CCCC3)cc2)cs1. The zero-order chi connectivity index (χ0) is 15.4. The number of nitrogens with zero attached hydrogens (tertiary/aromatic N) is 2. The van der Waals surface area contributed by atoms with Crippen LogP contribution >= 0.6 is 11.3 Å². The number of carbonyl (C=O) groups is 1. The van der Waals surface area contributed by atoms with Crippen LogP contribution in [0.1, 0.15) is 39.5 Å². The van der Waals surface area contributed by atoms with Crippen LogP contribution in [0.15, 0.2) is 29.6 Å². The highest BCUT2D eigenvalue weighted by molar-refractivity contribution is 7.09. The number of aryl methyl sites for hydroxylation is 1. The molecule has 2 heterocycles. The number of rotatable bonds is 5. The van der Waals surface area contributed by atoms with Crippen LogP contribution in [0.3, 0.4) is 0 Å². The molecular weight excluding hydrogens is 294 g/mol. The third-order valence-electron chi connectivity index (χ3n) is 3.93.